The van der Waals surface area contributed by atoms with Crippen LogP contribution < -0.4 is 15.7 Å². The number of carbonyl (C=O) groups is 1. The molecule has 2 saturated heterocycles. The van der Waals surface area contributed by atoms with Gasteiger partial charge >= 0.3 is 6.18 Å². The molecule has 0 radical (unpaired) electrons. The van der Waals surface area contributed by atoms with Crippen LogP contribution in [0.25, 0.3) is 0 Å². The van der Waals surface area contributed by atoms with Gasteiger partial charge in [0.1, 0.15) is 28.9 Å². The van der Waals surface area contributed by atoms with Gasteiger partial charge in [-0.3, -0.25) is 9.63 Å². The molecule has 6 nitrogen and oxygen atoms in total. The molecule has 2 aliphatic rings. The first-order valence-electron chi connectivity index (χ1n) is 9.56. The third-order valence-electron chi connectivity index (χ3n) is 5.61. The molecule has 2 aromatic rings. The lowest BCUT2D eigenvalue weighted by atomic mass is 9.79. The van der Waals surface area contributed by atoms with Gasteiger partial charge in [0.25, 0.3) is 5.91 Å². The Hall–Kier alpha value is -1.95. The molecule has 0 bridgehead atoms. The van der Waals surface area contributed by atoms with Crippen molar-refractivity contribution in [3.05, 3.63) is 57.2 Å². The van der Waals surface area contributed by atoms with Gasteiger partial charge in [-0.1, -0.05) is 39.7 Å². The molecular formula is C20H17BrClF3N4O2S. The van der Waals surface area contributed by atoms with Gasteiger partial charge in [-0.05, 0) is 42.3 Å². The van der Waals surface area contributed by atoms with Crippen molar-refractivity contribution in [3.63, 3.8) is 0 Å². The maximum absolute atomic E-state index is 14.3. The van der Waals surface area contributed by atoms with E-state index in [1.807, 2.05) is 0 Å². The normalized spacial score (nSPS) is 23.3. The number of rotatable bonds is 4. The summed E-state index contributed by atoms with van der Waals surface area (Å²) in [5.41, 5.74) is 0.826. The molecule has 0 aliphatic carbocycles. The molecule has 170 valence electrons. The number of pyridine rings is 1. The summed E-state index contributed by atoms with van der Waals surface area (Å²) in [5, 5.41) is 3.11. The van der Waals surface area contributed by atoms with Crippen molar-refractivity contribution >= 4 is 56.5 Å². The third kappa shape index (κ3) is 4.43. The minimum Gasteiger partial charge on any atom is -0.362 e. The van der Waals surface area contributed by atoms with Gasteiger partial charge in [-0.2, -0.15) is 13.2 Å². The summed E-state index contributed by atoms with van der Waals surface area (Å²) in [6.07, 6.45) is -3.12. The number of nitrogens with zero attached hydrogens (tertiary/aromatic N) is 2. The Kier molecular flexibility index (Phi) is 6.36. The zero-order chi connectivity index (χ0) is 23.1. The van der Waals surface area contributed by atoms with E-state index in [4.69, 9.17) is 28.7 Å². The maximum atomic E-state index is 14.3. The van der Waals surface area contributed by atoms with Gasteiger partial charge in [-0.25, -0.2) is 10.5 Å². The number of hydroxylamine groups is 1. The van der Waals surface area contributed by atoms with E-state index in [9.17, 15) is 18.0 Å². The zero-order valence-electron chi connectivity index (χ0n) is 16.4. The summed E-state index contributed by atoms with van der Waals surface area (Å²) in [4.78, 5) is 22.6. The van der Waals surface area contributed by atoms with Gasteiger partial charge in [-0.15, -0.1) is 0 Å². The van der Waals surface area contributed by atoms with E-state index in [0.717, 1.165) is 0 Å². The van der Waals surface area contributed by atoms with Crippen molar-refractivity contribution < 1.29 is 22.8 Å². The number of hydrogen-bond acceptors (Lipinski definition) is 5. The lowest BCUT2D eigenvalue weighted by molar-refractivity contribution is -0.184. The number of alkyl halides is 3. The molecule has 3 heterocycles. The molecule has 2 fully saturated rings. The van der Waals surface area contributed by atoms with Crippen molar-refractivity contribution in [3.8, 4) is 0 Å². The second kappa shape index (κ2) is 8.77. The van der Waals surface area contributed by atoms with E-state index in [2.05, 4.69) is 31.7 Å². The van der Waals surface area contributed by atoms with Crippen LogP contribution in [0.5, 0.6) is 0 Å². The Balaban J connectivity index is 1.53. The van der Waals surface area contributed by atoms with Crippen LogP contribution in [-0.2, 0) is 15.0 Å². The first kappa shape index (κ1) is 23.2. The highest BCUT2D eigenvalue weighted by molar-refractivity contribution is 9.10. The number of nitrogens with one attached hydrogen (secondary N) is 2. The molecule has 2 N–H and O–H groups in total. The highest BCUT2D eigenvalue weighted by Gasteiger charge is 2.59. The fourth-order valence-electron chi connectivity index (χ4n) is 3.87. The summed E-state index contributed by atoms with van der Waals surface area (Å²) in [6.45, 7) is 0.0353. The number of anilines is 1. The Morgan fingerprint density at radius 2 is 2.16 bits per heavy atom. The Morgan fingerprint density at radius 3 is 2.75 bits per heavy atom. The number of carbonyl (C=O) groups excluding carboxylic acids is 1. The van der Waals surface area contributed by atoms with Gasteiger partial charge in [0.05, 0.1) is 0 Å². The molecular weight excluding hydrogens is 533 g/mol. The highest BCUT2D eigenvalue weighted by Crippen LogP contribution is 2.49. The smallest absolute Gasteiger partial charge is 0.362 e. The van der Waals surface area contributed by atoms with E-state index in [1.165, 1.54) is 18.3 Å². The molecule has 2 unspecified atom stereocenters. The minimum atomic E-state index is -4.47. The quantitative estimate of drug-likeness (QED) is 0.564. The van der Waals surface area contributed by atoms with Crippen LogP contribution in [0.15, 0.2) is 41.0 Å². The van der Waals surface area contributed by atoms with Crippen molar-refractivity contribution in [2.45, 2.75) is 24.1 Å². The lowest BCUT2D eigenvalue weighted by Crippen LogP contribution is -2.45. The van der Waals surface area contributed by atoms with Gasteiger partial charge < -0.3 is 10.2 Å². The highest BCUT2D eigenvalue weighted by atomic mass is 79.9. The third-order valence-corrected chi connectivity index (χ3v) is 6.64. The number of thiocarbonyl (C=S) groups is 1. The number of halogens is 5. The molecule has 1 aromatic heterocycles. The molecule has 12 heteroatoms. The molecule has 1 amide bonds. The maximum Gasteiger partial charge on any atom is 0.400 e. The summed E-state index contributed by atoms with van der Waals surface area (Å²) in [7, 11) is 0. The van der Waals surface area contributed by atoms with Crippen LogP contribution in [0.2, 0.25) is 5.02 Å². The van der Waals surface area contributed by atoms with Crippen molar-refractivity contribution in [2.24, 2.45) is 0 Å². The molecule has 0 spiro atoms. The molecule has 4 rings (SSSR count). The SMILES string of the molecule is O=C1NOCC1NC(=S)c1ccc(N2CCC(c3cc(Cl)cc(Br)c3)(C(F)(F)F)C2)nc1. The van der Waals surface area contributed by atoms with Crippen molar-refractivity contribution in [2.75, 3.05) is 24.6 Å². The molecule has 2 atom stereocenters. The Labute approximate surface area is 200 Å². The van der Waals surface area contributed by atoms with E-state index in [1.54, 1.807) is 23.1 Å². The predicted molar refractivity (Wildman–Crippen MR) is 121 cm³/mol. The number of amides is 1. The predicted octanol–water partition coefficient (Wildman–Crippen LogP) is 3.90. The Bertz CT molecular complexity index is 1040. The summed E-state index contributed by atoms with van der Waals surface area (Å²) in [6, 6.07) is 7.06. The largest absolute Gasteiger partial charge is 0.400 e. The molecule has 32 heavy (non-hydrogen) atoms. The second-order valence-corrected chi connectivity index (χ2v) is 9.38. The van der Waals surface area contributed by atoms with Crippen LogP contribution in [0.4, 0.5) is 19.0 Å². The van der Waals surface area contributed by atoms with Crippen molar-refractivity contribution in [1.82, 2.24) is 15.8 Å². The van der Waals surface area contributed by atoms with Gasteiger partial charge in [0, 0.05) is 34.3 Å². The molecule has 0 saturated carbocycles. The van der Waals surface area contributed by atoms with Crippen LogP contribution in [0.3, 0.4) is 0 Å². The zero-order valence-corrected chi connectivity index (χ0v) is 19.5. The number of aromatic nitrogens is 1. The first-order chi connectivity index (χ1) is 15.1. The van der Waals surface area contributed by atoms with E-state index < -0.39 is 17.6 Å². The molecule has 1 aromatic carbocycles. The van der Waals surface area contributed by atoms with Crippen LogP contribution in [0.1, 0.15) is 17.5 Å². The van der Waals surface area contributed by atoms with Crippen molar-refractivity contribution in [1.29, 1.82) is 0 Å². The van der Waals surface area contributed by atoms with Gasteiger partial charge in [0.15, 0.2) is 0 Å². The Morgan fingerprint density at radius 1 is 1.38 bits per heavy atom. The van der Waals surface area contributed by atoms with E-state index >= 15 is 0 Å². The fourth-order valence-corrected chi connectivity index (χ4v) is 4.99. The summed E-state index contributed by atoms with van der Waals surface area (Å²) < 4.78 is 43.3. The fraction of sp³-hybridized carbons (Fsp3) is 0.350. The average molecular weight is 550 g/mol. The van der Waals surface area contributed by atoms with E-state index in [-0.39, 0.29) is 42.6 Å². The van der Waals surface area contributed by atoms with Crippen LogP contribution >= 0.6 is 39.7 Å². The summed E-state index contributed by atoms with van der Waals surface area (Å²) in [5.74, 6) is 0.0795. The average Bonchev–Trinajstić information content (AvgIpc) is 3.35. The minimum absolute atomic E-state index is 0.117. The van der Waals surface area contributed by atoms with Gasteiger partial charge in [0.2, 0.25) is 0 Å². The number of benzene rings is 1. The number of hydrogen-bond donors (Lipinski definition) is 2. The van der Waals surface area contributed by atoms with Crippen LogP contribution in [-0.4, -0.2) is 47.8 Å². The standard InChI is InChI=1S/C20H17BrClF3N4O2S/c21-13-5-12(6-14(22)7-13)19(20(23,24)25)3-4-29(10-19)16-2-1-11(8-26-16)18(32)27-15-9-31-28-17(15)30/h1-2,5-8,15H,3-4,9-10H2,(H,27,32)(H,28,30). The lowest BCUT2D eigenvalue weighted by Gasteiger charge is -2.32. The monoisotopic (exact) mass is 548 g/mol. The first-order valence-corrected chi connectivity index (χ1v) is 11.1. The molecule has 2 aliphatic heterocycles. The second-order valence-electron chi connectivity index (χ2n) is 7.62. The summed E-state index contributed by atoms with van der Waals surface area (Å²) >= 11 is 14.6. The van der Waals surface area contributed by atoms with E-state index in [0.29, 0.717) is 20.8 Å². The topological polar surface area (TPSA) is 66.5 Å². The van der Waals surface area contributed by atoms with Crippen LogP contribution in [0, 0.1) is 0 Å².